The molecule has 0 radical (unpaired) electrons. The molecule has 1 heterocycles. The van der Waals surface area contributed by atoms with Crippen LogP contribution in [0.2, 0.25) is 0 Å². The third-order valence-corrected chi connectivity index (χ3v) is 3.60. The van der Waals surface area contributed by atoms with Crippen LogP contribution >= 0.6 is 0 Å². The first kappa shape index (κ1) is 14.4. The Hall–Kier alpha value is -1.63. The number of carbonyl (C=O) groups excluding carboxylic acids is 1. The van der Waals surface area contributed by atoms with Gasteiger partial charge in [0.25, 0.3) is 0 Å². The van der Waals surface area contributed by atoms with Gasteiger partial charge in [0.1, 0.15) is 5.82 Å². The number of rotatable bonds is 6. The smallest absolute Gasteiger partial charge is 0.340 e. The SMILES string of the molecule is CCS(=O)CCNc1cc(C(=O)OC)c(N)cn1. The maximum atomic E-state index is 11.4. The second-order valence-electron chi connectivity index (χ2n) is 3.51. The van der Waals surface area contributed by atoms with Crippen LogP contribution in [-0.2, 0) is 15.5 Å². The van der Waals surface area contributed by atoms with E-state index in [9.17, 15) is 9.00 Å². The number of methoxy groups -OCH3 is 1. The minimum absolute atomic E-state index is 0.268. The van der Waals surface area contributed by atoms with Gasteiger partial charge in [0, 0.05) is 28.9 Å². The highest BCUT2D eigenvalue weighted by molar-refractivity contribution is 7.84. The van der Waals surface area contributed by atoms with Gasteiger partial charge in [-0.1, -0.05) is 6.92 Å². The van der Waals surface area contributed by atoms with Gasteiger partial charge in [-0.3, -0.25) is 4.21 Å². The second-order valence-corrected chi connectivity index (χ2v) is 5.37. The highest BCUT2D eigenvalue weighted by Crippen LogP contribution is 2.15. The van der Waals surface area contributed by atoms with Gasteiger partial charge in [-0.25, -0.2) is 9.78 Å². The van der Waals surface area contributed by atoms with Crippen molar-refractivity contribution in [2.24, 2.45) is 0 Å². The lowest BCUT2D eigenvalue weighted by atomic mass is 10.2. The van der Waals surface area contributed by atoms with Crippen LogP contribution in [0.15, 0.2) is 12.3 Å². The van der Waals surface area contributed by atoms with Crippen LogP contribution in [0.4, 0.5) is 11.5 Å². The third kappa shape index (κ3) is 3.99. The molecule has 0 aromatic carbocycles. The van der Waals surface area contributed by atoms with Crippen molar-refractivity contribution in [1.82, 2.24) is 4.98 Å². The number of hydrogen-bond donors (Lipinski definition) is 2. The number of hydrogen-bond acceptors (Lipinski definition) is 6. The topological polar surface area (TPSA) is 94.3 Å². The minimum Gasteiger partial charge on any atom is -0.465 e. The average Bonchev–Trinajstić information content (AvgIpc) is 2.39. The van der Waals surface area contributed by atoms with E-state index in [0.29, 0.717) is 23.9 Å². The molecule has 1 atom stereocenters. The number of esters is 1. The van der Waals surface area contributed by atoms with Gasteiger partial charge in [0.2, 0.25) is 0 Å². The van der Waals surface area contributed by atoms with Crippen molar-refractivity contribution in [3.63, 3.8) is 0 Å². The standard InChI is InChI=1S/C11H17N3O3S/c1-3-18(16)5-4-13-10-6-8(11(15)17-2)9(12)7-14-10/h6-7H,3-5,12H2,1-2H3,(H,13,14). The molecule has 1 aromatic rings. The molecule has 3 N–H and O–H groups in total. The molecule has 7 heteroatoms. The summed E-state index contributed by atoms with van der Waals surface area (Å²) in [7, 11) is 0.464. The molecule has 0 amide bonds. The third-order valence-electron chi connectivity index (χ3n) is 2.30. The molecule has 0 fully saturated rings. The number of nitrogens with zero attached hydrogens (tertiary/aromatic N) is 1. The summed E-state index contributed by atoms with van der Waals surface area (Å²) in [5, 5.41) is 2.99. The molecule has 0 saturated heterocycles. The van der Waals surface area contributed by atoms with Gasteiger partial charge >= 0.3 is 5.97 Å². The summed E-state index contributed by atoms with van der Waals surface area (Å²) in [6.45, 7) is 2.39. The van der Waals surface area contributed by atoms with Gasteiger partial charge in [0.05, 0.1) is 24.6 Å². The predicted octanol–water partition coefficient (Wildman–Crippen LogP) is 0.631. The first-order chi connectivity index (χ1) is 8.58. The van der Waals surface area contributed by atoms with E-state index in [1.165, 1.54) is 19.4 Å². The van der Waals surface area contributed by atoms with E-state index in [4.69, 9.17) is 5.73 Å². The number of aromatic nitrogens is 1. The molecule has 0 spiro atoms. The molecule has 0 aliphatic rings. The number of anilines is 2. The molecule has 1 aromatic heterocycles. The lowest BCUT2D eigenvalue weighted by Gasteiger charge is -2.08. The molecule has 0 saturated carbocycles. The number of nitrogens with one attached hydrogen (secondary N) is 1. The summed E-state index contributed by atoms with van der Waals surface area (Å²) in [6, 6.07) is 1.52. The molecule has 1 rings (SSSR count). The Morgan fingerprint density at radius 3 is 2.94 bits per heavy atom. The summed E-state index contributed by atoms with van der Waals surface area (Å²) in [5.74, 6) is 1.17. The Kier molecular flexibility index (Phi) is 5.57. The van der Waals surface area contributed by atoms with E-state index in [1.54, 1.807) is 0 Å². The van der Waals surface area contributed by atoms with Crippen molar-refractivity contribution >= 4 is 28.3 Å². The molecule has 1 unspecified atom stereocenters. The summed E-state index contributed by atoms with van der Waals surface area (Å²) >= 11 is 0. The molecule has 18 heavy (non-hydrogen) atoms. The van der Waals surface area contributed by atoms with Crippen LogP contribution in [0.1, 0.15) is 17.3 Å². The van der Waals surface area contributed by atoms with Crippen molar-refractivity contribution in [3.8, 4) is 0 Å². The molecule has 0 bridgehead atoms. The van der Waals surface area contributed by atoms with Crippen molar-refractivity contribution < 1.29 is 13.7 Å². The summed E-state index contributed by atoms with van der Waals surface area (Å²) in [6.07, 6.45) is 1.39. The Morgan fingerprint density at radius 1 is 1.61 bits per heavy atom. The van der Waals surface area contributed by atoms with Gasteiger partial charge < -0.3 is 15.8 Å². The van der Waals surface area contributed by atoms with Gasteiger partial charge in [-0.15, -0.1) is 0 Å². The van der Waals surface area contributed by atoms with Crippen molar-refractivity contribution in [2.75, 3.05) is 36.2 Å². The van der Waals surface area contributed by atoms with Crippen molar-refractivity contribution in [1.29, 1.82) is 0 Å². The van der Waals surface area contributed by atoms with E-state index < -0.39 is 16.8 Å². The summed E-state index contributed by atoms with van der Waals surface area (Å²) in [5.41, 5.74) is 6.16. The zero-order valence-electron chi connectivity index (χ0n) is 10.4. The molecule has 0 aliphatic carbocycles. The Morgan fingerprint density at radius 2 is 2.33 bits per heavy atom. The molecule has 100 valence electrons. The predicted molar refractivity (Wildman–Crippen MR) is 72.0 cm³/mol. The number of pyridine rings is 1. The quantitative estimate of drug-likeness (QED) is 0.737. The zero-order chi connectivity index (χ0) is 13.5. The highest BCUT2D eigenvalue weighted by atomic mass is 32.2. The normalized spacial score (nSPS) is 11.9. The molecular weight excluding hydrogens is 254 g/mol. The van der Waals surface area contributed by atoms with Crippen LogP contribution in [-0.4, -0.2) is 40.3 Å². The van der Waals surface area contributed by atoms with Crippen LogP contribution in [0, 0.1) is 0 Å². The monoisotopic (exact) mass is 271 g/mol. The fourth-order valence-electron chi connectivity index (χ4n) is 1.29. The fourth-order valence-corrected chi connectivity index (χ4v) is 1.91. The number of nitrogen functional groups attached to an aromatic ring is 1. The van der Waals surface area contributed by atoms with E-state index in [1.807, 2.05) is 6.92 Å². The van der Waals surface area contributed by atoms with Crippen LogP contribution in [0.3, 0.4) is 0 Å². The highest BCUT2D eigenvalue weighted by Gasteiger charge is 2.11. The second kappa shape index (κ2) is 6.95. The Bertz CT molecular complexity index is 451. The van der Waals surface area contributed by atoms with E-state index in [0.717, 1.165) is 0 Å². The first-order valence-electron chi connectivity index (χ1n) is 5.51. The fraction of sp³-hybridized carbons (Fsp3) is 0.455. The molecular formula is C11H17N3O3S. The Labute approximate surface area is 108 Å². The summed E-state index contributed by atoms with van der Waals surface area (Å²) in [4.78, 5) is 15.4. The lowest BCUT2D eigenvalue weighted by molar-refractivity contribution is 0.0602. The van der Waals surface area contributed by atoms with Gasteiger partial charge in [-0.2, -0.15) is 0 Å². The van der Waals surface area contributed by atoms with E-state index in [2.05, 4.69) is 15.0 Å². The van der Waals surface area contributed by atoms with E-state index in [-0.39, 0.29) is 11.3 Å². The molecule has 0 aliphatic heterocycles. The maximum absolute atomic E-state index is 11.4. The minimum atomic E-state index is -0.827. The van der Waals surface area contributed by atoms with Gasteiger partial charge in [-0.05, 0) is 6.07 Å². The van der Waals surface area contributed by atoms with Crippen molar-refractivity contribution in [3.05, 3.63) is 17.8 Å². The largest absolute Gasteiger partial charge is 0.465 e. The van der Waals surface area contributed by atoms with Crippen LogP contribution in [0.25, 0.3) is 0 Å². The lowest BCUT2D eigenvalue weighted by Crippen LogP contribution is -2.14. The van der Waals surface area contributed by atoms with Crippen molar-refractivity contribution in [2.45, 2.75) is 6.92 Å². The number of carbonyl (C=O) groups is 1. The van der Waals surface area contributed by atoms with Gasteiger partial charge in [0.15, 0.2) is 0 Å². The van der Waals surface area contributed by atoms with Crippen LogP contribution < -0.4 is 11.1 Å². The maximum Gasteiger partial charge on any atom is 0.340 e. The van der Waals surface area contributed by atoms with E-state index >= 15 is 0 Å². The molecule has 6 nitrogen and oxygen atoms in total. The number of ether oxygens (including phenoxy) is 1. The Balaban J connectivity index is 2.67. The average molecular weight is 271 g/mol. The zero-order valence-corrected chi connectivity index (χ0v) is 11.3. The summed E-state index contributed by atoms with van der Waals surface area (Å²) < 4.78 is 15.8. The van der Waals surface area contributed by atoms with Crippen LogP contribution in [0.5, 0.6) is 0 Å². The first-order valence-corrected chi connectivity index (χ1v) is 7.00. The number of nitrogens with two attached hydrogens (primary N) is 1.